The minimum absolute atomic E-state index is 0.0216. The topological polar surface area (TPSA) is 74.2 Å². The van der Waals surface area contributed by atoms with Gasteiger partial charge in [-0.05, 0) is 62.7 Å². The summed E-state index contributed by atoms with van der Waals surface area (Å²) in [5.41, 5.74) is 0.633. The zero-order chi connectivity index (χ0) is 32.2. The lowest BCUT2D eigenvalue weighted by Gasteiger charge is -2.26. The van der Waals surface area contributed by atoms with Crippen LogP contribution in [0.5, 0.6) is 0 Å². The molecule has 1 aromatic carbocycles. The van der Waals surface area contributed by atoms with E-state index in [9.17, 15) is 31.4 Å². The first-order valence-corrected chi connectivity index (χ1v) is 13.8. The van der Waals surface area contributed by atoms with Gasteiger partial charge in [0.2, 0.25) is 0 Å². The van der Waals surface area contributed by atoms with Crippen molar-refractivity contribution in [1.29, 1.82) is 0 Å². The van der Waals surface area contributed by atoms with Crippen LogP contribution in [-0.4, -0.2) is 51.3 Å². The standard InChI is InChI=1S/C28H28F5N5O.C2H6.CH3F/c1-17(2)38(13-4-14-39)16-20-15-24(35-19-8-6-18(7-9-19)26(29)30)21-10-11-23(37-27(21)36-20)25-22(28(31,32)33)5-3-12-34-25;2*1-2/h3,5-12,15,17,26,39H,4,13-14,16H2,1-2H3,(H,35,36,37);1-2H3;1H3. The molecule has 4 rings (SSSR count). The summed E-state index contributed by atoms with van der Waals surface area (Å²) in [5.74, 6) is 0. The number of alkyl halides is 6. The van der Waals surface area contributed by atoms with Crippen LogP contribution in [0.25, 0.3) is 22.4 Å². The van der Waals surface area contributed by atoms with Gasteiger partial charge in [-0.25, -0.2) is 18.7 Å². The lowest BCUT2D eigenvalue weighted by Crippen LogP contribution is -2.32. The van der Waals surface area contributed by atoms with Crippen molar-refractivity contribution in [2.24, 2.45) is 0 Å². The van der Waals surface area contributed by atoms with Gasteiger partial charge in [-0.1, -0.05) is 26.0 Å². The fourth-order valence-electron chi connectivity index (χ4n) is 4.18. The second-order valence-corrected chi connectivity index (χ2v) is 9.32. The van der Waals surface area contributed by atoms with Crippen LogP contribution in [0.15, 0.2) is 60.8 Å². The Morgan fingerprint density at radius 1 is 0.953 bits per heavy atom. The first-order valence-electron chi connectivity index (χ1n) is 13.8. The molecule has 0 saturated heterocycles. The summed E-state index contributed by atoms with van der Waals surface area (Å²) in [5, 5.41) is 13.0. The Kier molecular flexibility index (Phi) is 13.8. The van der Waals surface area contributed by atoms with E-state index in [1.54, 1.807) is 12.1 Å². The highest BCUT2D eigenvalue weighted by Gasteiger charge is 2.34. The minimum atomic E-state index is -4.61. The van der Waals surface area contributed by atoms with Gasteiger partial charge in [0.05, 0.1) is 29.8 Å². The van der Waals surface area contributed by atoms with Gasteiger partial charge in [0, 0.05) is 48.6 Å². The summed E-state index contributed by atoms with van der Waals surface area (Å²) in [4.78, 5) is 15.2. The minimum Gasteiger partial charge on any atom is -0.396 e. The highest BCUT2D eigenvalue weighted by atomic mass is 19.4. The Morgan fingerprint density at radius 3 is 2.21 bits per heavy atom. The number of nitrogens with one attached hydrogen (secondary N) is 1. The van der Waals surface area contributed by atoms with Gasteiger partial charge in [0.1, 0.15) is 5.69 Å². The molecule has 6 nitrogen and oxygen atoms in total. The summed E-state index contributed by atoms with van der Waals surface area (Å²) in [6.07, 6.45) is -5.37. The quantitative estimate of drug-likeness (QED) is 0.176. The normalized spacial score (nSPS) is 11.3. The molecule has 12 heteroatoms. The van der Waals surface area contributed by atoms with Crippen molar-refractivity contribution < 1.29 is 31.4 Å². The van der Waals surface area contributed by atoms with Crippen LogP contribution in [0.4, 0.5) is 37.7 Å². The zero-order valence-corrected chi connectivity index (χ0v) is 24.8. The molecule has 2 N–H and O–H groups in total. The van der Waals surface area contributed by atoms with Crippen LogP contribution in [0.3, 0.4) is 0 Å². The van der Waals surface area contributed by atoms with Crippen LogP contribution in [-0.2, 0) is 12.7 Å². The van der Waals surface area contributed by atoms with Gasteiger partial charge in [-0.3, -0.25) is 14.3 Å². The van der Waals surface area contributed by atoms with E-state index < -0.39 is 18.2 Å². The molecule has 234 valence electrons. The second kappa shape index (κ2) is 16.8. The van der Waals surface area contributed by atoms with Crippen molar-refractivity contribution >= 4 is 22.4 Å². The van der Waals surface area contributed by atoms with Gasteiger partial charge in [-0.15, -0.1) is 0 Å². The van der Waals surface area contributed by atoms with Crippen LogP contribution >= 0.6 is 0 Å². The van der Waals surface area contributed by atoms with Crippen molar-refractivity contribution in [2.45, 2.75) is 59.3 Å². The van der Waals surface area contributed by atoms with Gasteiger partial charge < -0.3 is 10.4 Å². The number of anilines is 2. The van der Waals surface area contributed by atoms with E-state index in [1.807, 2.05) is 27.7 Å². The molecule has 0 bridgehead atoms. The molecule has 3 heterocycles. The number of fused-ring (bicyclic) bond motifs is 1. The van der Waals surface area contributed by atoms with E-state index in [0.29, 0.717) is 49.1 Å². The lowest BCUT2D eigenvalue weighted by molar-refractivity contribution is -0.137. The second-order valence-electron chi connectivity index (χ2n) is 9.32. The SMILES string of the molecule is CC.CC(C)N(CCCO)Cc1cc(Nc2ccc(C(F)F)cc2)c2ccc(-c3ncccc3C(F)(F)F)nc2n1.CF. The molecule has 0 fully saturated rings. The van der Waals surface area contributed by atoms with E-state index in [2.05, 4.69) is 25.2 Å². The number of nitrogens with zero attached hydrogens (tertiary/aromatic N) is 4. The Hall–Kier alpha value is -3.77. The first-order chi connectivity index (χ1) is 20.6. The highest BCUT2D eigenvalue weighted by Crippen LogP contribution is 2.36. The van der Waals surface area contributed by atoms with Gasteiger partial charge in [0.15, 0.2) is 5.65 Å². The molecule has 0 aliphatic carbocycles. The highest BCUT2D eigenvalue weighted by molar-refractivity contribution is 5.92. The third-order valence-electron chi connectivity index (χ3n) is 6.22. The molecule has 0 aliphatic rings. The van der Waals surface area contributed by atoms with Crippen molar-refractivity contribution in [3.63, 3.8) is 0 Å². The molecule has 0 saturated carbocycles. The maximum atomic E-state index is 13.7. The summed E-state index contributed by atoms with van der Waals surface area (Å²) >= 11 is 0. The number of aliphatic hydroxyl groups excluding tert-OH is 1. The van der Waals surface area contributed by atoms with E-state index in [1.165, 1.54) is 42.6 Å². The van der Waals surface area contributed by atoms with E-state index in [4.69, 9.17) is 0 Å². The molecule has 4 aromatic rings. The predicted octanol–water partition coefficient (Wildman–Crippen LogP) is 8.60. The maximum absolute atomic E-state index is 13.7. The number of halogens is 6. The van der Waals surface area contributed by atoms with E-state index in [0.717, 1.165) is 6.07 Å². The zero-order valence-electron chi connectivity index (χ0n) is 24.8. The fraction of sp³-hybridized carbons (Fsp3) is 0.387. The van der Waals surface area contributed by atoms with E-state index >= 15 is 0 Å². The summed E-state index contributed by atoms with van der Waals surface area (Å²) in [6.45, 7) is 9.07. The Morgan fingerprint density at radius 2 is 1.63 bits per heavy atom. The third-order valence-corrected chi connectivity index (χ3v) is 6.22. The van der Waals surface area contributed by atoms with Crippen molar-refractivity contribution in [1.82, 2.24) is 19.9 Å². The average molecular weight is 610 g/mol. The molecule has 0 amide bonds. The number of aliphatic hydroxyl groups is 1. The first kappa shape index (κ1) is 35.4. The molecular weight excluding hydrogens is 572 g/mol. The van der Waals surface area contributed by atoms with E-state index in [-0.39, 0.29) is 35.2 Å². The molecule has 0 atom stereocenters. The smallest absolute Gasteiger partial charge is 0.396 e. The van der Waals surface area contributed by atoms with Crippen LogP contribution < -0.4 is 5.32 Å². The Bertz CT molecular complexity index is 1410. The van der Waals surface area contributed by atoms with Crippen molar-refractivity contribution in [3.8, 4) is 11.4 Å². The number of hydrogen-bond donors (Lipinski definition) is 2. The molecule has 0 spiro atoms. The monoisotopic (exact) mass is 609 g/mol. The van der Waals surface area contributed by atoms with Gasteiger partial charge in [-0.2, -0.15) is 13.2 Å². The number of hydrogen-bond acceptors (Lipinski definition) is 6. The van der Waals surface area contributed by atoms with Crippen molar-refractivity contribution in [2.75, 3.05) is 25.6 Å². The summed E-state index contributed by atoms with van der Waals surface area (Å²) in [6, 6.07) is 12.9. The molecule has 3 aromatic heterocycles. The van der Waals surface area contributed by atoms with Crippen LogP contribution in [0.2, 0.25) is 0 Å². The molecule has 0 aliphatic heterocycles. The number of rotatable bonds is 10. The lowest BCUT2D eigenvalue weighted by atomic mass is 10.1. The van der Waals surface area contributed by atoms with Crippen LogP contribution in [0, 0.1) is 0 Å². The molecule has 0 radical (unpaired) electrons. The van der Waals surface area contributed by atoms with Gasteiger partial charge >= 0.3 is 6.18 Å². The fourth-order valence-corrected chi connectivity index (χ4v) is 4.18. The summed E-state index contributed by atoms with van der Waals surface area (Å²) in [7, 11) is 0.500. The largest absolute Gasteiger partial charge is 0.418 e. The average Bonchev–Trinajstić information content (AvgIpc) is 3.00. The van der Waals surface area contributed by atoms with Crippen LogP contribution in [0.1, 0.15) is 57.4 Å². The summed E-state index contributed by atoms with van der Waals surface area (Å²) < 4.78 is 76.5. The number of benzene rings is 1. The Labute approximate surface area is 247 Å². The van der Waals surface area contributed by atoms with Crippen molar-refractivity contribution in [3.05, 3.63) is 77.6 Å². The molecular formula is C31H37F6N5O. The molecule has 0 unspecified atom stereocenters. The van der Waals surface area contributed by atoms with Gasteiger partial charge in [0.25, 0.3) is 6.43 Å². The number of pyridine rings is 3. The Balaban J connectivity index is 0.00000155. The third kappa shape index (κ3) is 9.62. The number of aromatic nitrogens is 3. The maximum Gasteiger partial charge on any atom is 0.418 e. The molecule has 43 heavy (non-hydrogen) atoms. The predicted molar refractivity (Wildman–Crippen MR) is 158 cm³/mol.